The molecule has 1 fully saturated rings. The van der Waals surface area contributed by atoms with E-state index in [2.05, 4.69) is 16.9 Å². The maximum atomic E-state index is 9.43. The summed E-state index contributed by atoms with van der Waals surface area (Å²) in [6.45, 7) is 4.12. The molecule has 1 aliphatic heterocycles. The van der Waals surface area contributed by atoms with Crippen LogP contribution < -0.4 is 0 Å². The van der Waals surface area contributed by atoms with Crippen LogP contribution >= 0.6 is 11.6 Å². The number of hydrogen-bond donors (Lipinski definition) is 1. The number of aryl methyl sites for hydroxylation is 2. The third-order valence-electron chi connectivity index (χ3n) is 3.82. The van der Waals surface area contributed by atoms with E-state index in [0.717, 1.165) is 42.3 Å². The van der Waals surface area contributed by atoms with Crippen LogP contribution in [0, 0.1) is 0 Å². The van der Waals surface area contributed by atoms with Crippen molar-refractivity contribution in [2.24, 2.45) is 7.05 Å². The van der Waals surface area contributed by atoms with E-state index in [0.29, 0.717) is 0 Å². The van der Waals surface area contributed by atoms with E-state index in [1.807, 2.05) is 11.7 Å². The lowest BCUT2D eigenvalue weighted by molar-refractivity contribution is 0.0821. The molecule has 2 rings (SSSR count). The van der Waals surface area contributed by atoms with E-state index >= 15 is 0 Å². The number of aromatic nitrogens is 2. The minimum Gasteiger partial charge on any atom is -0.395 e. The number of aliphatic hydroxyl groups excluding tert-OH is 1. The summed E-state index contributed by atoms with van der Waals surface area (Å²) in [7, 11) is 1.94. The highest BCUT2D eigenvalue weighted by molar-refractivity contribution is 6.31. The predicted molar refractivity (Wildman–Crippen MR) is 72.7 cm³/mol. The van der Waals surface area contributed by atoms with Gasteiger partial charge in [0.2, 0.25) is 0 Å². The average molecular weight is 272 g/mol. The Bertz CT molecular complexity index is 405. The Labute approximate surface area is 114 Å². The van der Waals surface area contributed by atoms with Crippen LogP contribution in [-0.2, 0) is 20.0 Å². The Morgan fingerprint density at radius 1 is 1.44 bits per heavy atom. The van der Waals surface area contributed by atoms with Gasteiger partial charge in [0.15, 0.2) is 0 Å². The summed E-state index contributed by atoms with van der Waals surface area (Å²) in [5, 5.41) is 14.7. The summed E-state index contributed by atoms with van der Waals surface area (Å²) in [4.78, 5) is 2.33. The van der Waals surface area contributed by atoms with Crippen LogP contribution in [0.15, 0.2) is 0 Å². The van der Waals surface area contributed by atoms with Crippen molar-refractivity contribution in [3.8, 4) is 0 Å². The smallest absolute Gasteiger partial charge is 0.0863 e. The predicted octanol–water partition coefficient (Wildman–Crippen LogP) is 1.98. The molecule has 18 heavy (non-hydrogen) atoms. The molecule has 0 aromatic carbocycles. The molecule has 5 heteroatoms. The van der Waals surface area contributed by atoms with Crippen LogP contribution in [-0.4, -0.2) is 39.0 Å². The SMILES string of the molecule is CCc1nn(C)c(CN2CCCCC2CO)c1Cl. The molecule has 1 saturated heterocycles. The zero-order chi connectivity index (χ0) is 13.1. The first kappa shape index (κ1) is 13.8. The number of likely N-dealkylation sites (tertiary alicyclic amines) is 1. The van der Waals surface area contributed by atoms with Crippen molar-refractivity contribution < 1.29 is 5.11 Å². The topological polar surface area (TPSA) is 41.3 Å². The van der Waals surface area contributed by atoms with Gasteiger partial charge in [0.1, 0.15) is 0 Å². The fourth-order valence-electron chi connectivity index (χ4n) is 2.66. The molecule has 1 aromatic rings. The van der Waals surface area contributed by atoms with Crippen LogP contribution in [0.3, 0.4) is 0 Å². The number of piperidine rings is 1. The van der Waals surface area contributed by atoms with Crippen molar-refractivity contribution in [2.75, 3.05) is 13.2 Å². The highest BCUT2D eigenvalue weighted by atomic mass is 35.5. The molecule has 0 radical (unpaired) electrons. The van der Waals surface area contributed by atoms with Gasteiger partial charge in [0.05, 0.1) is 23.0 Å². The summed E-state index contributed by atoms with van der Waals surface area (Å²) < 4.78 is 1.88. The van der Waals surface area contributed by atoms with Crippen LogP contribution in [0.1, 0.15) is 37.6 Å². The lowest BCUT2D eigenvalue weighted by Gasteiger charge is -2.34. The second-order valence-electron chi connectivity index (χ2n) is 4.99. The highest BCUT2D eigenvalue weighted by Gasteiger charge is 2.24. The molecular formula is C13H22ClN3O. The van der Waals surface area contributed by atoms with E-state index < -0.39 is 0 Å². The second-order valence-corrected chi connectivity index (χ2v) is 5.37. The van der Waals surface area contributed by atoms with Crippen molar-refractivity contribution in [1.82, 2.24) is 14.7 Å². The molecule has 1 N–H and O–H groups in total. The van der Waals surface area contributed by atoms with Gasteiger partial charge in [0.25, 0.3) is 0 Å². The number of nitrogens with zero attached hydrogens (tertiary/aromatic N) is 3. The lowest BCUT2D eigenvalue weighted by Crippen LogP contribution is -2.41. The molecule has 4 nitrogen and oxygen atoms in total. The number of aliphatic hydroxyl groups is 1. The normalized spacial score (nSPS) is 21.4. The molecule has 0 amide bonds. The van der Waals surface area contributed by atoms with E-state index in [9.17, 15) is 5.11 Å². The Kier molecular flexibility index (Phi) is 4.65. The van der Waals surface area contributed by atoms with Crippen LogP contribution in [0.25, 0.3) is 0 Å². The third-order valence-corrected chi connectivity index (χ3v) is 4.25. The molecule has 1 aromatic heterocycles. The number of halogens is 1. The van der Waals surface area contributed by atoms with Gasteiger partial charge in [-0.15, -0.1) is 0 Å². The molecule has 2 heterocycles. The van der Waals surface area contributed by atoms with Gasteiger partial charge >= 0.3 is 0 Å². The van der Waals surface area contributed by atoms with Crippen LogP contribution in [0.4, 0.5) is 0 Å². The average Bonchev–Trinajstić information content (AvgIpc) is 2.66. The summed E-state index contributed by atoms with van der Waals surface area (Å²) in [6.07, 6.45) is 4.34. The summed E-state index contributed by atoms with van der Waals surface area (Å²) in [5.41, 5.74) is 2.03. The zero-order valence-corrected chi connectivity index (χ0v) is 11.9. The summed E-state index contributed by atoms with van der Waals surface area (Å²) >= 11 is 6.37. The second kappa shape index (κ2) is 6.04. The van der Waals surface area contributed by atoms with E-state index in [4.69, 9.17) is 11.6 Å². The zero-order valence-electron chi connectivity index (χ0n) is 11.2. The molecule has 0 spiro atoms. The molecule has 1 atom stereocenters. The van der Waals surface area contributed by atoms with Gasteiger partial charge in [-0.3, -0.25) is 9.58 Å². The quantitative estimate of drug-likeness (QED) is 0.911. The minimum atomic E-state index is 0.232. The van der Waals surface area contributed by atoms with Gasteiger partial charge in [-0.05, 0) is 25.8 Å². The van der Waals surface area contributed by atoms with E-state index in [1.54, 1.807) is 0 Å². The summed E-state index contributed by atoms with van der Waals surface area (Å²) in [6, 6.07) is 0.273. The maximum Gasteiger partial charge on any atom is 0.0863 e. The standard InChI is InChI=1S/C13H22ClN3O/c1-3-11-13(14)12(16(2)15-11)8-17-7-5-4-6-10(17)9-18/h10,18H,3-9H2,1-2H3. The first-order chi connectivity index (χ1) is 8.67. The monoisotopic (exact) mass is 271 g/mol. The van der Waals surface area contributed by atoms with E-state index in [1.165, 1.54) is 12.8 Å². The van der Waals surface area contributed by atoms with Crippen molar-refractivity contribution in [1.29, 1.82) is 0 Å². The van der Waals surface area contributed by atoms with Gasteiger partial charge < -0.3 is 5.11 Å². The fourth-order valence-corrected chi connectivity index (χ4v) is 3.01. The Morgan fingerprint density at radius 2 is 2.22 bits per heavy atom. The molecule has 1 aliphatic rings. The third kappa shape index (κ3) is 2.71. The summed E-state index contributed by atoms with van der Waals surface area (Å²) in [5.74, 6) is 0. The minimum absolute atomic E-state index is 0.232. The first-order valence-corrected chi connectivity index (χ1v) is 7.10. The van der Waals surface area contributed by atoms with Crippen molar-refractivity contribution in [2.45, 2.75) is 45.2 Å². The van der Waals surface area contributed by atoms with Crippen LogP contribution in [0.2, 0.25) is 5.02 Å². The van der Waals surface area contributed by atoms with E-state index in [-0.39, 0.29) is 12.6 Å². The largest absolute Gasteiger partial charge is 0.395 e. The molecule has 0 aliphatic carbocycles. The Morgan fingerprint density at radius 3 is 2.83 bits per heavy atom. The molecule has 0 saturated carbocycles. The van der Waals surface area contributed by atoms with Crippen molar-refractivity contribution >= 4 is 11.6 Å². The van der Waals surface area contributed by atoms with Gasteiger partial charge in [0, 0.05) is 19.6 Å². The van der Waals surface area contributed by atoms with Crippen molar-refractivity contribution in [3.63, 3.8) is 0 Å². The highest BCUT2D eigenvalue weighted by Crippen LogP contribution is 2.25. The maximum absolute atomic E-state index is 9.43. The molecule has 1 unspecified atom stereocenters. The molecular weight excluding hydrogens is 250 g/mol. The fraction of sp³-hybridized carbons (Fsp3) is 0.769. The van der Waals surface area contributed by atoms with Gasteiger partial charge in [-0.2, -0.15) is 5.10 Å². The van der Waals surface area contributed by atoms with Gasteiger partial charge in [-0.25, -0.2) is 0 Å². The van der Waals surface area contributed by atoms with Crippen molar-refractivity contribution in [3.05, 3.63) is 16.4 Å². The molecule has 0 bridgehead atoms. The Hall–Kier alpha value is -0.580. The van der Waals surface area contributed by atoms with Gasteiger partial charge in [-0.1, -0.05) is 24.9 Å². The number of hydrogen-bond acceptors (Lipinski definition) is 3. The Balaban J connectivity index is 2.15. The first-order valence-electron chi connectivity index (χ1n) is 6.72. The van der Waals surface area contributed by atoms with Crippen LogP contribution in [0.5, 0.6) is 0 Å². The number of rotatable bonds is 4. The molecule has 102 valence electrons. The lowest BCUT2D eigenvalue weighted by atomic mass is 10.0.